The summed E-state index contributed by atoms with van der Waals surface area (Å²) >= 11 is 0. The molecule has 0 atom stereocenters. The van der Waals surface area contributed by atoms with Gasteiger partial charge in [0.1, 0.15) is 0 Å². The van der Waals surface area contributed by atoms with Crippen LogP contribution in [0.5, 0.6) is 0 Å². The van der Waals surface area contributed by atoms with E-state index in [-0.39, 0.29) is 0 Å². The summed E-state index contributed by atoms with van der Waals surface area (Å²) < 4.78 is 0. The van der Waals surface area contributed by atoms with Crippen molar-refractivity contribution in [1.82, 2.24) is 0 Å². The molecular weight excluding hydrogens is 196 g/mol. The molecule has 16 heavy (non-hydrogen) atoms. The first-order valence-electron chi connectivity index (χ1n) is 5.56. The van der Waals surface area contributed by atoms with Crippen LogP contribution in [0, 0.1) is 0 Å². The maximum Gasteiger partial charge on any atom is 0.0652 e. The van der Waals surface area contributed by atoms with Gasteiger partial charge in [-0.3, -0.25) is 0 Å². The van der Waals surface area contributed by atoms with E-state index in [1.807, 2.05) is 40.1 Å². The maximum atomic E-state index is 3.25. The molecule has 0 amide bonds. The molecule has 2 N–H and O–H groups in total. The molecule has 2 heteroatoms. The molecule has 1 rings (SSSR count). The third kappa shape index (κ3) is 2.45. The van der Waals surface area contributed by atoms with Gasteiger partial charge in [0.15, 0.2) is 0 Å². The highest BCUT2D eigenvalue weighted by atomic mass is 14.9. The molecule has 1 aromatic carbocycles. The zero-order valence-corrected chi connectivity index (χ0v) is 10.5. The molecule has 1 aromatic rings. The van der Waals surface area contributed by atoms with E-state index in [0.717, 1.165) is 11.4 Å². The highest BCUT2D eigenvalue weighted by molar-refractivity contribution is 5.86. The lowest BCUT2D eigenvalue weighted by molar-refractivity contribution is 1.42. The van der Waals surface area contributed by atoms with Crippen LogP contribution in [-0.4, -0.2) is 14.1 Å². The van der Waals surface area contributed by atoms with Gasteiger partial charge in [-0.15, -0.1) is 0 Å². The first kappa shape index (κ1) is 12.4. The Balaban J connectivity index is 3.39. The van der Waals surface area contributed by atoms with Gasteiger partial charge in [-0.25, -0.2) is 0 Å². The summed E-state index contributed by atoms with van der Waals surface area (Å²) in [5, 5.41) is 6.50. The quantitative estimate of drug-likeness (QED) is 0.799. The van der Waals surface area contributed by atoms with Crippen LogP contribution in [0.4, 0.5) is 11.4 Å². The monoisotopic (exact) mass is 216 g/mol. The summed E-state index contributed by atoms with van der Waals surface area (Å²) in [4.78, 5) is 0. The average molecular weight is 216 g/mol. The van der Waals surface area contributed by atoms with Crippen LogP contribution in [0.25, 0.3) is 12.2 Å². The van der Waals surface area contributed by atoms with Crippen molar-refractivity contribution >= 4 is 23.5 Å². The third-order valence-corrected chi connectivity index (χ3v) is 2.46. The van der Waals surface area contributed by atoms with Gasteiger partial charge in [-0.1, -0.05) is 36.4 Å². The van der Waals surface area contributed by atoms with E-state index in [2.05, 4.69) is 34.9 Å². The maximum absolute atomic E-state index is 3.25. The summed E-state index contributed by atoms with van der Waals surface area (Å²) in [6.45, 7) is 4.05. The molecule has 0 heterocycles. The minimum absolute atomic E-state index is 1.14. The van der Waals surface area contributed by atoms with Crippen molar-refractivity contribution in [3.8, 4) is 0 Å². The predicted molar refractivity (Wildman–Crippen MR) is 75.0 cm³/mol. The summed E-state index contributed by atoms with van der Waals surface area (Å²) in [5.41, 5.74) is 4.66. The minimum atomic E-state index is 1.14. The smallest absolute Gasteiger partial charge is 0.0652 e. The van der Waals surface area contributed by atoms with Gasteiger partial charge in [0.05, 0.1) is 11.4 Å². The molecule has 2 nitrogen and oxygen atoms in total. The lowest BCUT2D eigenvalue weighted by atomic mass is 10.0. The molecule has 0 radical (unpaired) electrons. The topological polar surface area (TPSA) is 24.1 Å². The van der Waals surface area contributed by atoms with E-state index in [1.165, 1.54) is 11.1 Å². The Hall–Kier alpha value is -1.70. The number of allylic oxidation sites excluding steroid dienone is 2. The average Bonchev–Trinajstić information content (AvgIpc) is 2.31. The molecule has 0 saturated heterocycles. The fourth-order valence-corrected chi connectivity index (χ4v) is 1.81. The molecule has 0 aliphatic carbocycles. The van der Waals surface area contributed by atoms with Crippen molar-refractivity contribution in [2.24, 2.45) is 0 Å². The molecule has 0 saturated carbocycles. The first-order chi connectivity index (χ1) is 7.78. The predicted octanol–water partition coefficient (Wildman–Crippen LogP) is 3.84. The number of hydrogen-bond donors (Lipinski definition) is 2. The largest absolute Gasteiger partial charge is 0.386 e. The molecule has 0 aliphatic rings. The van der Waals surface area contributed by atoms with Crippen LogP contribution < -0.4 is 10.6 Å². The van der Waals surface area contributed by atoms with Gasteiger partial charge >= 0.3 is 0 Å². The zero-order valence-electron chi connectivity index (χ0n) is 10.5. The number of benzene rings is 1. The van der Waals surface area contributed by atoms with E-state index in [0.29, 0.717) is 0 Å². The molecule has 0 spiro atoms. The van der Waals surface area contributed by atoms with Crippen LogP contribution in [0.15, 0.2) is 24.3 Å². The second-order valence-electron chi connectivity index (χ2n) is 3.49. The Morgan fingerprint density at radius 1 is 0.812 bits per heavy atom. The van der Waals surface area contributed by atoms with Crippen molar-refractivity contribution in [1.29, 1.82) is 0 Å². The highest BCUT2D eigenvalue weighted by Gasteiger charge is 2.07. The summed E-state index contributed by atoms with van der Waals surface area (Å²) in [6.07, 6.45) is 8.30. The molecule has 0 bridgehead atoms. The molecule has 86 valence electrons. The van der Waals surface area contributed by atoms with Crippen molar-refractivity contribution < 1.29 is 0 Å². The third-order valence-electron chi connectivity index (χ3n) is 2.46. The molecular formula is C14H20N2. The van der Waals surface area contributed by atoms with E-state index in [4.69, 9.17) is 0 Å². The van der Waals surface area contributed by atoms with Gasteiger partial charge in [0, 0.05) is 14.1 Å². The van der Waals surface area contributed by atoms with E-state index >= 15 is 0 Å². The standard InChI is InChI=1S/C14H20N2/c1-5-7-11-9-10-12(8-6-2)14(16-4)13(11)15-3/h5-10,15-16H,1-4H3/b7-5-,8-6-. The Kier molecular flexibility index (Phi) is 4.65. The van der Waals surface area contributed by atoms with Gasteiger partial charge in [-0.2, -0.15) is 0 Å². The summed E-state index contributed by atoms with van der Waals surface area (Å²) in [6, 6.07) is 4.25. The van der Waals surface area contributed by atoms with Crippen molar-refractivity contribution in [2.75, 3.05) is 24.7 Å². The fourth-order valence-electron chi connectivity index (χ4n) is 1.81. The Morgan fingerprint density at radius 3 is 1.44 bits per heavy atom. The van der Waals surface area contributed by atoms with Crippen molar-refractivity contribution in [3.05, 3.63) is 35.4 Å². The normalized spacial score (nSPS) is 11.2. The second kappa shape index (κ2) is 6.01. The van der Waals surface area contributed by atoms with Gasteiger partial charge in [0.2, 0.25) is 0 Å². The molecule has 0 aliphatic heterocycles. The first-order valence-corrected chi connectivity index (χ1v) is 5.56. The molecule has 0 fully saturated rings. The Bertz CT molecular complexity index is 364. The van der Waals surface area contributed by atoms with Gasteiger partial charge in [0.25, 0.3) is 0 Å². The van der Waals surface area contributed by atoms with E-state index < -0.39 is 0 Å². The van der Waals surface area contributed by atoms with Crippen LogP contribution >= 0.6 is 0 Å². The zero-order chi connectivity index (χ0) is 12.0. The SMILES string of the molecule is C/C=C\c1ccc(/C=C\C)c(NC)c1NC. The summed E-state index contributed by atoms with van der Waals surface area (Å²) in [5.74, 6) is 0. The Morgan fingerprint density at radius 2 is 1.19 bits per heavy atom. The van der Waals surface area contributed by atoms with E-state index in [9.17, 15) is 0 Å². The second-order valence-corrected chi connectivity index (χ2v) is 3.49. The minimum Gasteiger partial charge on any atom is -0.386 e. The highest BCUT2D eigenvalue weighted by Crippen LogP contribution is 2.31. The van der Waals surface area contributed by atoms with Crippen LogP contribution in [0.1, 0.15) is 25.0 Å². The van der Waals surface area contributed by atoms with Gasteiger partial charge < -0.3 is 10.6 Å². The van der Waals surface area contributed by atoms with Crippen molar-refractivity contribution in [2.45, 2.75) is 13.8 Å². The number of anilines is 2. The van der Waals surface area contributed by atoms with Gasteiger partial charge in [-0.05, 0) is 25.0 Å². The van der Waals surface area contributed by atoms with E-state index in [1.54, 1.807) is 0 Å². The lowest BCUT2D eigenvalue weighted by Crippen LogP contribution is -2.01. The van der Waals surface area contributed by atoms with Crippen molar-refractivity contribution in [3.63, 3.8) is 0 Å². The summed E-state index contributed by atoms with van der Waals surface area (Å²) in [7, 11) is 3.89. The number of rotatable bonds is 4. The number of nitrogens with one attached hydrogen (secondary N) is 2. The van der Waals surface area contributed by atoms with Crippen LogP contribution in [0.2, 0.25) is 0 Å². The van der Waals surface area contributed by atoms with Crippen LogP contribution in [0.3, 0.4) is 0 Å². The van der Waals surface area contributed by atoms with Crippen LogP contribution in [-0.2, 0) is 0 Å². The fraction of sp³-hybridized carbons (Fsp3) is 0.286. The number of hydrogen-bond acceptors (Lipinski definition) is 2. The molecule has 0 aromatic heterocycles. The Labute approximate surface area is 98.1 Å². The lowest BCUT2D eigenvalue weighted by Gasteiger charge is -2.15. The molecule has 0 unspecified atom stereocenters.